The minimum absolute atomic E-state index is 0.0398. The van der Waals surface area contributed by atoms with Gasteiger partial charge in [0, 0.05) is 11.3 Å². The van der Waals surface area contributed by atoms with E-state index in [0.717, 1.165) is 0 Å². The first-order chi connectivity index (χ1) is 6.15. The summed E-state index contributed by atoms with van der Waals surface area (Å²) in [5.74, 6) is 0.593. The van der Waals surface area contributed by atoms with Gasteiger partial charge >= 0.3 is 0 Å². The SMILES string of the molecule is SCC=Cc1c(Cl)nc(Cl)nc1Cl. The van der Waals surface area contributed by atoms with E-state index in [9.17, 15) is 0 Å². The van der Waals surface area contributed by atoms with Crippen molar-refractivity contribution in [1.82, 2.24) is 9.97 Å². The Labute approximate surface area is 96.3 Å². The summed E-state index contributed by atoms with van der Waals surface area (Å²) in [7, 11) is 0. The molecule has 0 amide bonds. The molecular weight excluding hydrogens is 251 g/mol. The molecule has 0 atom stereocenters. The molecule has 0 saturated heterocycles. The van der Waals surface area contributed by atoms with Crippen LogP contribution in [0.3, 0.4) is 0 Å². The van der Waals surface area contributed by atoms with Gasteiger partial charge in [-0.3, -0.25) is 0 Å². The molecule has 0 saturated carbocycles. The predicted molar refractivity (Wildman–Crippen MR) is 59.9 cm³/mol. The molecule has 0 N–H and O–H groups in total. The summed E-state index contributed by atoms with van der Waals surface area (Å²) >= 11 is 21.1. The lowest BCUT2D eigenvalue weighted by molar-refractivity contribution is 1.16. The molecule has 0 spiro atoms. The first kappa shape index (κ1) is 11.1. The number of aromatic nitrogens is 2. The Morgan fingerprint density at radius 2 is 1.69 bits per heavy atom. The van der Waals surface area contributed by atoms with Gasteiger partial charge in [-0.25, -0.2) is 9.97 Å². The highest BCUT2D eigenvalue weighted by molar-refractivity contribution is 7.80. The Kier molecular flexibility index (Phi) is 4.32. The zero-order chi connectivity index (χ0) is 9.84. The monoisotopic (exact) mass is 254 g/mol. The molecule has 0 fully saturated rings. The summed E-state index contributed by atoms with van der Waals surface area (Å²) < 4.78 is 0. The Bertz CT molecular complexity index is 318. The molecule has 0 aliphatic heterocycles. The molecular formula is C7H5Cl3N2S. The zero-order valence-corrected chi connectivity index (χ0v) is 9.50. The lowest BCUT2D eigenvalue weighted by Crippen LogP contribution is -1.89. The summed E-state index contributed by atoms with van der Waals surface area (Å²) in [6.45, 7) is 0. The van der Waals surface area contributed by atoms with Gasteiger partial charge in [-0.1, -0.05) is 35.4 Å². The molecule has 6 heteroatoms. The minimum atomic E-state index is 0.0398. The molecule has 0 aliphatic carbocycles. The average molecular weight is 256 g/mol. The van der Waals surface area contributed by atoms with Crippen LogP contribution >= 0.6 is 47.4 Å². The van der Waals surface area contributed by atoms with E-state index >= 15 is 0 Å². The van der Waals surface area contributed by atoms with Crippen molar-refractivity contribution in [2.75, 3.05) is 5.75 Å². The molecule has 1 heterocycles. The fourth-order valence-corrected chi connectivity index (χ4v) is 1.58. The topological polar surface area (TPSA) is 25.8 Å². The number of rotatable bonds is 2. The van der Waals surface area contributed by atoms with Gasteiger partial charge in [0.2, 0.25) is 5.28 Å². The van der Waals surface area contributed by atoms with Gasteiger partial charge in [-0.05, 0) is 11.6 Å². The van der Waals surface area contributed by atoms with Gasteiger partial charge in [-0.2, -0.15) is 12.6 Å². The molecule has 0 aliphatic rings. The number of hydrogen-bond acceptors (Lipinski definition) is 3. The van der Waals surface area contributed by atoms with Crippen LogP contribution in [-0.4, -0.2) is 15.7 Å². The van der Waals surface area contributed by atoms with Gasteiger partial charge in [-0.15, -0.1) is 0 Å². The third-order valence-corrected chi connectivity index (χ3v) is 2.17. The fraction of sp³-hybridized carbons (Fsp3) is 0.143. The maximum absolute atomic E-state index is 5.77. The van der Waals surface area contributed by atoms with Gasteiger partial charge in [0.15, 0.2) is 0 Å². The molecule has 2 nitrogen and oxygen atoms in total. The Morgan fingerprint density at radius 1 is 1.15 bits per heavy atom. The maximum atomic E-state index is 5.77. The molecule has 1 aromatic rings. The highest BCUT2D eigenvalue weighted by Gasteiger charge is 2.06. The van der Waals surface area contributed by atoms with Crippen molar-refractivity contribution >= 4 is 53.5 Å². The van der Waals surface area contributed by atoms with Crippen molar-refractivity contribution in [3.8, 4) is 0 Å². The van der Waals surface area contributed by atoms with E-state index in [1.165, 1.54) is 0 Å². The lowest BCUT2D eigenvalue weighted by atomic mass is 10.3. The van der Waals surface area contributed by atoms with Crippen LogP contribution < -0.4 is 0 Å². The standard InChI is InChI=1S/C7H5Cl3N2S/c8-5-4(2-1-3-13)6(9)12-7(10)11-5/h1-2,13H,3H2. The van der Waals surface area contributed by atoms with Crippen molar-refractivity contribution in [3.05, 3.63) is 27.2 Å². The summed E-state index contributed by atoms with van der Waals surface area (Å²) in [5.41, 5.74) is 0.557. The molecule has 1 aromatic heterocycles. The van der Waals surface area contributed by atoms with Crippen LogP contribution in [0.1, 0.15) is 5.56 Å². The molecule has 0 aromatic carbocycles. The summed E-state index contributed by atoms with van der Waals surface area (Å²) in [6, 6.07) is 0. The first-order valence-corrected chi connectivity index (χ1v) is 5.07. The molecule has 0 unspecified atom stereocenters. The van der Waals surface area contributed by atoms with Crippen LogP contribution in [0.5, 0.6) is 0 Å². The highest BCUT2D eigenvalue weighted by Crippen LogP contribution is 2.23. The van der Waals surface area contributed by atoms with E-state index in [0.29, 0.717) is 11.3 Å². The number of thiol groups is 1. The second-order valence-electron chi connectivity index (χ2n) is 2.07. The Balaban J connectivity index is 3.13. The maximum Gasteiger partial charge on any atom is 0.225 e. The van der Waals surface area contributed by atoms with Crippen LogP contribution in [0.25, 0.3) is 6.08 Å². The van der Waals surface area contributed by atoms with Crippen molar-refractivity contribution < 1.29 is 0 Å². The highest BCUT2D eigenvalue weighted by atomic mass is 35.5. The van der Waals surface area contributed by atoms with E-state index < -0.39 is 0 Å². The third-order valence-electron chi connectivity index (χ3n) is 1.22. The minimum Gasteiger partial charge on any atom is -0.205 e. The third kappa shape index (κ3) is 3.02. The summed E-state index contributed by atoms with van der Waals surface area (Å²) in [6.07, 6.45) is 3.49. The molecule has 0 radical (unpaired) electrons. The smallest absolute Gasteiger partial charge is 0.205 e. The molecule has 13 heavy (non-hydrogen) atoms. The fourth-order valence-electron chi connectivity index (χ4n) is 0.701. The molecule has 0 bridgehead atoms. The van der Waals surface area contributed by atoms with Crippen molar-refractivity contribution in [3.63, 3.8) is 0 Å². The normalized spacial score (nSPS) is 11.1. The first-order valence-electron chi connectivity index (χ1n) is 3.31. The van der Waals surface area contributed by atoms with Crippen LogP contribution in [-0.2, 0) is 0 Å². The van der Waals surface area contributed by atoms with Gasteiger partial charge < -0.3 is 0 Å². The number of hydrogen-bond donors (Lipinski definition) is 1. The largest absolute Gasteiger partial charge is 0.225 e. The van der Waals surface area contributed by atoms with Crippen LogP contribution in [0.2, 0.25) is 15.6 Å². The van der Waals surface area contributed by atoms with Gasteiger partial charge in [0.25, 0.3) is 0 Å². The van der Waals surface area contributed by atoms with Crippen LogP contribution in [0.15, 0.2) is 6.08 Å². The predicted octanol–water partition coefficient (Wildman–Crippen LogP) is 3.38. The van der Waals surface area contributed by atoms with Gasteiger partial charge in [0.05, 0.1) is 0 Å². The van der Waals surface area contributed by atoms with E-state index in [-0.39, 0.29) is 15.6 Å². The van der Waals surface area contributed by atoms with Crippen LogP contribution in [0.4, 0.5) is 0 Å². The quantitative estimate of drug-likeness (QED) is 0.498. The molecule has 70 valence electrons. The Hall–Kier alpha value is 0.0400. The summed E-state index contributed by atoms with van der Waals surface area (Å²) in [5, 5.41) is 0.518. The zero-order valence-electron chi connectivity index (χ0n) is 6.34. The second kappa shape index (κ2) is 5.05. The Morgan fingerprint density at radius 3 is 2.15 bits per heavy atom. The van der Waals surface area contributed by atoms with E-state index in [4.69, 9.17) is 34.8 Å². The molecule has 1 rings (SSSR count). The number of halogens is 3. The van der Waals surface area contributed by atoms with Crippen molar-refractivity contribution in [2.45, 2.75) is 0 Å². The van der Waals surface area contributed by atoms with Gasteiger partial charge in [0.1, 0.15) is 10.3 Å². The van der Waals surface area contributed by atoms with Crippen molar-refractivity contribution in [2.24, 2.45) is 0 Å². The summed E-state index contributed by atoms with van der Waals surface area (Å²) in [4.78, 5) is 7.49. The van der Waals surface area contributed by atoms with Crippen LogP contribution in [0, 0.1) is 0 Å². The lowest BCUT2D eigenvalue weighted by Gasteiger charge is -1.99. The second-order valence-corrected chi connectivity index (χ2v) is 3.49. The van der Waals surface area contributed by atoms with E-state index in [1.807, 2.05) is 0 Å². The average Bonchev–Trinajstić information content (AvgIpc) is 2.02. The van der Waals surface area contributed by atoms with E-state index in [1.54, 1.807) is 12.2 Å². The van der Waals surface area contributed by atoms with E-state index in [2.05, 4.69) is 22.6 Å². The number of nitrogens with zero attached hydrogens (tertiary/aromatic N) is 2. The van der Waals surface area contributed by atoms with Crippen molar-refractivity contribution in [1.29, 1.82) is 0 Å².